The number of alkyl halides is 1. The average Bonchev–Trinajstić information content (AvgIpc) is 2.71. The Morgan fingerprint density at radius 3 is 2.54 bits per heavy atom. The van der Waals surface area contributed by atoms with E-state index in [1.54, 1.807) is 19.1 Å². The molecule has 2 aromatic carbocycles. The van der Waals surface area contributed by atoms with Gasteiger partial charge >= 0.3 is 0 Å². The summed E-state index contributed by atoms with van der Waals surface area (Å²) < 4.78 is 0. The normalized spacial score (nSPS) is 12.8. The summed E-state index contributed by atoms with van der Waals surface area (Å²) in [7, 11) is 0. The lowest BCUT2D eigenvalue weighted by atomic mass is 10.1. The number of carbonyl (C=O) groups excluding carboxylic acids is 2. The Morgan fingerprint density at radius 2 is 1.86 bits per heavy atom. The molecule has 0 saturated heterocycles. The Hall–Kier alpha value is -2.03. The van der Waals surface area contributed by atoms with E-state index in [-0.39, 0.29) is 23.5 Å². The molecule has 0 heterocycles. The summed E-state index contributed by atoms with van der Waals surface area (Å²) in [5, 5.41) is 25.9. The largest absolute Gasteiger partial charge is 0.508 e. The highest BCUT2D eigenvalue weighted by atomic mass is 79.9. The van der Waals surface area contributed by atoms with Gasteiger partial charge in [-0.2, -0.15) is 0 Å². The van der Waals surface area contributed by atoms with Crippen LogP contribution in [0.1, 0.15) is 15.9 Å². The van der Waals surface area contributed by atoms with Crippen LogP contribution in [0.3, 0.4) is 0 Å². The number of rotatable bonds is 9. The maximum atomic E-state index is 12.7. The SMILES string of the molecule is Cc1c(O)cccc1C(=O)NC(CSc1ccccc1)C(O)CNC(=O)CBr. The van der Waals surface area contributed by atoms with Crippen molar-refractivity contribution in [3.8, 4) is 5.75 Å². The maximum Gasteiger partial charge on any atom is 0.252 e. The fourth-order valence-electron chi connectivity index (χ4n) is 2.48. The van der Waals surface area contributed by atoms with E-state index in [1.165, 1.54) is 17.8 Å². The van der Waals surface area contributed by atoms with Crippen LogP contribution in [0.25, 0.3) is 0 Å². The van der Waals surface area contributed by atoms with Crippen LogP contribution in [0, 0.1) is 6.92 Å². The van der Waals surface area contributed by atoms with Crippen molar-refractivity contribution in [3.63, 3.8) is 0 Å². The van der Waals surface area contributed by atoms with E-state index in [2.05, 4.69) is 26.6 Å². The van der Waals surface area contributed by atoms with Crippen LogP contribution >= 0.6 is 27.7 Å². The number of carbonyl (C=O) groups is 2. The average molecular weight is 467 g/mol. The van der Waals surface area contributed by atoms with Crippen molar-refractivity contribution >= 4 is 39.5 Å². The van der Waals surface area contributed by atoms with Crippen molar-refractivity contribution in [2.24, 2.45) is 0 Å². The standard InChI is InChI=1S/C20H23BrN2O4S/c1-13-15(8-5-9-17(13)24)20(27)23-16(18(25)11-22-19(26)10-21)12-28-14-6-3-2-4-7-14/h2-9,16,18,24-25H,10-12H2,1H3,(H,22,26)(H,23,27). The summed E-state index contributed by atoms with van der Waals surface area (Å²) in [6.45, 7) is 1.67. The maximum absolute atomic E-state index is 12.7. The minimum atomic E-state index is -0.972. The molecule has 0 bridgehead atoms. The number of amides is 2. The second kappa shape index (κ2) is 11.1. The topological polar surface area (TPSA) is 98.7 Å². The Morgan fingerprint density at radius 1 is 1.14 bits per heavy atom. The molecule has 0 saturated carbocycles. The van der Waals surface area contributed by atoms with Gasteiger partial charge in [-0.05, 0) is 31.2 Å². The van der Waals surface area contributed by atoms with Crippen molar-refractivity contribution in [1.82, 2.24) is 10.6 Å². The van der Waals surface area contributed by atoms with E-state index < -0.39 is 18.1 Å². The first-order chi connectivity index (χ1) is 13.4. The lowest BCUT2D eigenvalue weighted by Crippen LogP contribution is -2.50. The van der Waals surface area contributed by atoms with Crippen LogP contribution in [0.5, 0.6) is 5.75 Å². The zero-order valence-corrected chi connectivity index (χ0v) is 17.8. The second-order valence-corrected chi connectivity index (χ2v) is 7.81. The quantitative estimate of drug-likeness (QED) is 0.336. The van der Waals surface area contributed by atoms with Gasteiger partial charge in [0.2, 0.25) is 5.91 Å². The third-order valence-corrected chi connectivity index (χ3v) is 5.77. The number of aromatic hydroxyl groups is 1. The van der Waals surface area contributed by atoms with Gasteiger partial charge in [0, 0.05) is 28.3 Å². The summed E-state index contributed by atoms with van der Waals surface area (Å²) in [5.74, 6) is -0.187. The van der Waals surface area contributed by atoms with Crippen molar-refractivity contribution < 1.29 is 19.8 Å². The van der Waals surface area contributed by atoms with Crippen LogP contribution < -0.4 is 10.6 Å². The van der Waals surface area contributed by atoms with Gasteiger partial charge in [-0.15, -0.1) is 11.8 Å². The molecular formula is C20H23BrN2O4S. The zero-order valence-electron chi connectivity index (χ0n) is 15.4. The lowest BCUT2D eigenvalue weighted by Gasteiger charge is -2.24. The molecule has 0 aliphatic carbocycles. The molecule has 8 heteroatoms. The second-order valence-electron chi connectivity index (χ2n) is 6.16. The fraction of sp³-hybridized carbons (Fsp3) is 0.300. The van der Waals surface area contributed by atoms with Gasteiger partial charge in [-0.3, -0.25) is 9.59 Å². The van der Waals surface area contributed by atoms with E-state index in [9.17, 15) is 19.8 Å². The zero-order chi connectivity index (χ0) is 20.5. The number of aliphatic hydroxyl groups excluding tert-OH is 1. The van der Waals surface area contributed by atoms with Crippen molar-refractivity contribution in [3.05, 3.63) is 59.7 Å². The van der Waals surface area contributed by atoms with Crippen molar-refractivity contribution in [2.75, 3.05) is 17.6 Å². The Balaban J connectivity index is 2.10. The van der Waals surface area contributed by atoms with Crippen LogP contribution in [0.15, 0.2) is 53.4 Å². The molecule has 0 fully saturated rings. The Labute approximate surface area is 176 Å². The highest BCUT2D eigenvalue weighted by Gasteiger charge is 2.24. The molecule has 2 amide bonds. The van der Waals surface area contributed by atoms with E-state index in [4.69, 9.17) is 0 Å². The van der Waals surface area contributed by atoms with Crippen LogP contribution in [0.4, 0.5) is 0 Å². The number of phenols is 1. The predicted octanol–water partition coefficient (Wildman–Crippen LogP) is 2.46. The van der Waals surface area contributed by atoms with Gasteiger partial charge in [0.05, 0.1) is 17.5 Å². The first-order valence-corrected chi connectivity index (χ1v) is 10.8. The van der Waals surface area contributed by atoms with E-state index in [0.717, 1.165) is 4.90 Å². The number of aliphatic hydroxyl groups is 1. The third kappa shape index (κ3) is 6.54. The fourth-order valence-corrected chi connectivity index (χ4v) is 3.70. The molecule has 6 nitrogen and oxygen atoms in total. The summed E-state index contributed by atoms with van der Waals surface area (Å²) in [4.78, 5) is 25.2. The molecule has 4 N–H and O–H groups in total. The smallest absolute Gasteiger partial charge is 0.252 e. The molecule has 28 heavy (non-hydrogen) atoms. The monoisotopic (exact) mass is 466 g/mol. The summed E-state index contributed by atoms with van der Waals surface area (Å²) in [5.41, 5.74) is 0.808. The number of phenolic OH excluding ortho intramolecular Hbond substituents is 1. The molecule has 0 radical (unpaired) electrons. The molecule has 2 unspecified atom stereocenters. The van der Waals surface area contributed by atoms with Gasteiger partial charge in [-0.1, -0.05) is 40.2 Å². The molecule has 2 rings (SSSR count). The molecule has 2 aromatic rings. The number of thioether (sulfide) groups is 1. The van der Waals surface area contributed by atoms with E-state index in [0.29, 0.717) is 16.9 Å². The van der Waals surface area contributed by atoms with Crippen LogP contribution in [0.2, 0.25) is 0 Å². The molecule has 2 atom stereocenters. The van der Waals surface area contributed by atoms with E-state index >= 15 is 0 Å². The number of hydrogen-bond donors (Lipinski definition) is 4. The minimum Gasteiger partial charge on any atom is -0.508 e. The highest BCUT2D eigenvalue weighted by Crippen LogP contribution is 2.21. The number of nitrogens with one attached hydrogen (secondary N) is 2. The minimum absolute atomic E-state index is 0.0176. The van der Waals surface area contributed by atoms with Crippen LogP contribution in [-0.4, -0.2) is 51.8 Å². The number of benzene rings is 2. The lowest BCUT2D eigenvalue weighted by molar-refractivity contribution is -0.118. The molecule has 0 aromatic heterocycles. The van der Waals surface area contributed by atoms with Gasteiger partial charge in [0.15, 0.2) is 0 Å². The predicted molar refractivity (Wildman–Crippen MR) is 114 cm³/mol. The first-order valence-electron chi connectivity index (χ1n) is 8.70. The summed E-state index contributed by atoms with van der Waals surface area (Å²) in [6.07, 6.45) is -0.972. The molecular weight excluding hydrogens is 444 g/mol. The van der Waals surface area contributed by atoms with Crippen molar-refractivity contribution in [2.45, 2.75) is 24.0 Å². The number of halogens is 1. The third-order valence-electron chi connectivity index (χ3n) is 4.13. The van der Waals surface area contributed by atoms with E-state index in [1.807, 2.05) is 30.3 Å². The Kier molecular flexibility index (Phi) is 8.82. The molecule has 0 aliphatic heterocycles. The van der Waals surface area contributed by atoms with Crippen molar-refractivity contribution in [1.29, 1.82) is 0 Å². The molecule has 0 spiro atoms. The number of hydrogen-bond acceptors (Lipinski definition) is 5. The van der Waals surface area contributed by atoms with Gasteiger partial charge < -0.3 is 20.8 Å². The van der Waals surface area contributed by atoms with Crippen LogP contribution in [-0.2, 0) is 4.79 Å². The van der Waals surface area contributed by atoms with Gasteiger partial charge in [-0.25, -0.2) is 0 Å². The summed E-state index contributed by atoms with van der Waals surface area (Å²) >= 11 is 4.55. The van der Waals surface area contributed by atoms with Gasteiger partial charge in [0.25, 0.3) is 5.91 Å². The van der Waals surface area contributed by atoms with Gasteiger partial charge in [0.1, 0.15) is 5.75 Å². The highest BCUT2D eigenvalue weighted by molar-refractivity contribution is 9.09. The Bertz CT molecular complexity index is 804. The summed E-state index contributed by atoms with van der Waals surface area (Å²) in [6, 6.07) is 13.8. The first kappa shape index (κ1) is 22.3. The molecule has 150 valence electrons. The molecule has 0 aliphatic rings.